The zero-order valence-corrected chi connectivity index (χ0v) is 8.68. The maximum absolute atomic E-state index is 13.5. The fraction of sp³-hybridized carbons (Fsp3) is 0.100. The van der Waals surface area contributed by atoms with E-state index in [1.807, 2.05) is 0 Å². The van der Waals surface area contributed by atoms with Gasteiger partial charge in [-0.15, -0.1) is 0 Å². The van der Waals surface area contributed by atoms with Crippen LogP contribution in [0, 0.1) is 12.7 Å². The van der Waals surface area contributed by atoms with Crippen molar-refractivity contribution < 1.29 is 8.91 Å². The molecule has 2 N–H and O–H groups in total. The van der Waals surface area contributed by atoms with Gasteiger partial charge in [-0.2, -0.15) is 0 Å². The number of rotatable bonds is 1. The fourth-order valence-corrected chi connectivity index (χ4v) is 1.56. The van der Waals surface area contributed by atoms with E-state index in [0.717, 1.165) is 0 Å². The second kappa shape index (κ2) is 3.55. The molecule has 0 aliphatic heterocycles. The Labute approximate surface area is 90.6 Å². The summed E-state index contributed by atoms with van der Waals surface area (Å²) >= 11 is 5.88. The number of benzene rings is 1. The number of hydrogen-bond donors (Lipinski definition) is 1. The lowest BCUT2D eigenvalue weighted by molar-refractivity contribution is 0.438. The van der Waals surface area contributed by atoms with Crippen LogP contribution in [0.25, 0.3) is 11.3 Å². The lowest BCUT2D eigenvalue weighted by Crippen LogP contribution is -1.89. The zero-order chi connectivity index (χ0) is 11.0. The number of anilines is 1. The van der Waals surface area contributed by atoms with Crippen molar-refractivity contribution in [2.45, 2.75) is 6.92 Å². The van der Waals surface area contributed by atoms with Crippen molar-refractivity contribution >= 4 is 17.5 Å². The van der Waals surface area contributed by atoms with Crippen LogP contribution in [0.15, 0.2) is 22.7 Å². The predicted molar refractivity (Wildman–Crippen MR) is 56.1 cm³/mol. The first-order valence-electron chi connectivity index (χ1n) is 4.27. The first-order chi connectivity index (χ1) is 7.11. The molecule has 0 spiro atoms. The molecule has 1 aromatic heterocycles. The first-order valence-corrected chi connectivity index (χ1v) is 4.65. The van der Waals surface area contributed by atoms with Crippen LogP contribution in [-0.2, 0) is 0 Å². The standard InChI is InChI=1S/C10H8ClFN2O/c1-5-9(14-15-10(5)13)8-6(11)3-2-4-7(8)12/h2-4H,13H2,1H3. The van der Waals surface area contributed by atoms with E-state index in [1.54, 1.807) is 13.0 Å². The molecule has 15 heavy (non-hydrogen) atoms. The van der Waals surface area contributed by atoms with E-state index in [9.17, 15) is 4.39 Å². The van der Waals surface area contributed by atoms with Gasteiger partial charge in [0.15, 0.2) is 0 Å². The summed E-state index contributed by atoms with van der Waals surface area (Å²) < 4.78 is 18.3. The number of nitrogens with zero attached hydrogens (tertiary/aromatic N) is 1. The summed E-state index contributed by atoms with van der Waals surface area (Å²) in [6, 6.07) is 4.43. The van der Waals surface area contributed by atoms with Crippen LogP contribution >= 0.6 is 11.6 Å². The van der Waals surface area contributed by atoms with Crippen molar-refractivity contribution in [1.29, 1.82) is 0 Å². The highest BCUT2D eigenvalue weighted by Crippen LogP contribution is 2.33. The normalized spacial score (nSPS) is 10.6. The monoisotopic (exact) mass is 226 g/mol. The number of nitrogens with two attached hydrogens (primary N) is 1. The molecule has 0 bridgehead atoms. The summed E-state index contributed by atoms with van der Waals surface area (Å²) in [5, 5.41) is 3.97. The Bertz CT molecular complexity index is 490. The molecule has 0 aliphatic carbocycles. The molecule has 3 nitrogen and oxygen atoms in total. The van der Waals surface area contributed by atoms with Gasteiger partial charge in [-0.3, -0.25) is 0 Å². The summed E-state index contributed by atoms with van der Waals surface area (Å²) in [5.41, 5.74) is 6.63. The van der Waals surface area contributed by atoms with Crippen molar-refractivity contribution in [2.75, 3.05) is 5.73 Å². The van der Waals surface area contributed by atoms with E-state index < -0.39 is 5.82 Å². The Morgan fingerprint density at radius 2 is 2.20 bits per heavy atom. The summed E-state index contributed by atoms with van der Waals surface area (Å²) in [4.78, 5) is 0. The minimum atomic E-state index is -0.445. The van der Waals surface area contributed by atoms with Gasteiger partial charge in [0.2, 0.25) is 5.88 Å². The van der Waals surface area contributed by atoms with Crippen LogP contribution in [0.4, 0.5) is 10.3 Å². The van der Waals surface area contributed by atoms with Gasteiger partial charge >= 0.3 is 0 Å². The molecule has 2 rings (SSSR count). The van der Waals surface area contributed by atoms with E-state index in [0.29, 0.717) is 11.3 Å². The number of halogens is 2. The quantitative estimate of drug-likeness (QED) is 0.813. The Balaban J connectivity index is 2.69. The molecule has 78 valence electrons. The highest BCUT2D eigenvalue weighted by atomic mass is 35.5. The third kappa shape index (κ3) is 1.57. The predicted octanol–water partition coefficient (Wildman–Crippen LogP) is 3.02. The first kappa shape index (κ1) is 9.98. The van der Waals surface area contributed by atoms with Gasteiger partial charge in [0.25, 0.3) is 0 Å². The molecule has 0 saturated carbocycles. The molecule has 0 unspecified atom stereocenters. The molecule has 0 saturated heterocycles. The summed E-state index contributed by atoms with van der Waals surface area (Å²) in [5.74, 6) is -0.275. The van der Waals surface area contributed by atoms with Gasteiger partial charge in [0.1, 0.15) is 11.5 Å². The number of hydrogen-bond acceptors (Lipinski definition) is 3. The SMILES string of the molecule is Cc1c(-c2c(F)cccc2Cl)noc1N. The zero-order valence-electron chi connectivity index (χ0n) is 7.92. The van der Waals surface area contributed by atoms with Crippen LogP contribution in [-0.4, -0.2) is 5.16 Å². The molecule has 1 heterocycles. The third-order valence-corrected chi connectivity index (χ3v) is 2.47. The Hall–Kier alpha value is -1.55. The van der Waals surface area contributed by atoms with Crippen LogP contribution in [0.2, 0.25) is 5.02 Å². The lowest BCUT2D eigenvalue weighted by Gasteiger charge is -2.02. The van der Waals surface area contributed by atoms with E-state index in [4.69, 9.17) is 21.9 Å². The summed E-state index contributed by atoms with van der Waals surface area (Å²) in [6.45, 7) is 1.70. The highest BCUT2D eigenvalue weighted by Gasteiger charge is 2.17. The molecule has 0 fully saturated rings. The van der Waals surface area contributed by atoms with Crippen molar-refractivity contribution in [3.63, 3.8) is 0 Å². The molecule has 1 aromatic carbocycles. The van der Waals surface area contributed by atoms with E-state index in [1.165, 1.54) is 12.1 Å². The van der Waals surface area contributed by atoms with Gasteiger partial charge in [-0.05, 0) is 19.1 Å². The second-order valence-electron chi connectivity index (χ2n) is 3.12. The Kier molecular flexibility index (Phi) is 2.36. The van der Waals surface area contributed by atoms with Gasteiger partial charge in [0, 0.05) is 5.56 Å². The molecule has 0 radical (unpaired) electrons. The average molecular weight is 227 g/mol. The molecule has 0 aliphatic rings. The van der Waals surface area contributed by atoms with Crippen molar-refractivity contribution in [2.24, 2.45) is 0 Å². The molecular weight excluding hydrogens is 219 g/mol. The smallest absolute Gasteiger partial charge is 0.225 e. The Morgan fingerprint density at radius 1 is 1.47 bits per heavy atom. The summed E-state index contributed by atoms with van der Waals surface area (Å²) in [7, 11) is 0. The molecule has 2 aromatic rings. The van der Waals surface area contributed by atoms with Gasteiger partial charge in [-0.1, -0.05) is 22.8 Å². The molecular formula is C10H8ClFN2O. The minimum Gasteiger partial charge on any atom is -0.367 e. The Morgan fingerprint density at radius 3 is 2.73 bits per heavy atom. The molecule has 5 heteroatoms. The van der Waals surface area contributed by atoms with Gasteiger partial charge in [-0.25, -0.2) is 4.39 Å². The van der Waals surface area contributed by atoms with Crippen LogP contribution in [0.3, 0.4) is 0 Å². The summed E-state index contributed by atoms with van der Waals surface area (Å²) in [6.07, 6.45) is 0. The van der Waals surface area contributed by atoms with E-state index >= 15 is 0 Å². The topological polar surface area (TPSA) is 52.0 Å². The second-order valence-corrected chi connectivity index (χ2v) is 3.52. The van der Waals surface area contributed by atoms with Crippen molar-refractivity contribution in [3.8, 4) is 11.3 Å². The van der Waals surface area contributed by atoms with Gasteiger partial charge < -0.3 is 10.3 Å². The van der Waals surface area contributed by atoms with Crippen molar-refractivity contribution in [1.82, 2.24) is 5.16 Å². The van der Waals surface area contributed by atoms with E-state index in [-0.39, 0.29) is 16.5 Å². The largest absolute Gasteiger partial charge is 0.367 e. The van der Waals surface area contributed by atoms with Crippen molar-refractivity contribution in [3.05, 3.63) is 34.6 Å². The fourth-order valence-electron chi connectivity index (χ4n) is 1.31. The molecule has 0 atom stereocenters. The maximum atomic E-state index is 13.5. The highest BCUT2D eigenvalue weighted by molar-refractivity contribution is 6.33. The van der Waals surface area contributed by atoms with Crippen LogP contribution in [0.5, 0.6) is 0 Å². The number of nitrogen functional groups attached to an aromatic ring is 1. The lowest BCUT2D eigenvalue weighted by atomic mass is 10.1. The average Bonchev–Trinajstić information content (AvgIpc) is 2.49. The van der Waals surface area contributed by atoms with Crippen LogP contribution < -0.4 is 5.73 Å². The third-order valence-electron chi connectivity index (χ3n) is 2.16. The maximum Gasteiger partial charge on any atom is 0.225 e. The van der Waals surface area contributed by atoms with E-state index in [2.05, 4.69) is 5.16 Å². The molecule has 0 amide bonds. The van der Waals surface area contributed by atoms with Crippen LogP contribution in [0.1, 0.15) is 5.56 Å². The van der Waals surface area contributed by atoms with Gasteiger partial charge in [0.05, 0.1) is 10.6 Å². The number of aromatic nitrogens is 1. The minimum absolute atomic E-state index is 0.171.